The predicted octanol–water partition coefficient (Wildman–Crippen LogP) is 2.79. The highest BCUT2D eigenvalue weighted by Gasteiger charge is 2.53. The largest absolute Gasteiger partial charge is 0.347 e. The van der Waals surface area contributed by atoms with Gasteiger partial charge >= 0.3 is 0 Å². The molecule has 50 heavy (non-hydrogen) atoms. The van der Waals surface area contributed by atoms with Crippen molar-refractivity contribution < 1.29 is 28.8 Å². The highest BCUT2D eigenvalue weighted by molar-refractivity contribution is 6.38. The summed E-state index contributed by atoms with van der Waals surface area (Å²) in [5, 5.41) is 8.64. The Morgan fingerprint density at radius 1 is 0.980 bits per heavy atom. The summed E-state index contributed by atoms with van der Waals surface area (Å²) in [6, 6.07) is -3.60. The second-order valence-electron chi connectivity index (χ2n) is 16.0. The molecule has 0 radical (unpaired) electrons. The average molecular weight is 694 g/mol. The molecule has 5 amide bonds. The molecule has 0 spiro atoms. The van der Waals surface area contributed by atoms with Crippen LogP contribution in [0.25, 0.3) is 0 Å². The van der Waals surface area contributed by atoms with E-state index in [1.165, 1.54) is 23.5 Å². The number of fused-ring (bicyclic) bond motifs is 2. The lowest BCUT2D eigenvalue weighted by Gasteiger charge is -2.39. The fraction of sp³-hybridized carbons (Fsp3) is 0.730. The topological polar surface area (TPSA) is 171 Å². The van der Waals surface area contributed by atoms with Crippen LogP contribution in [0.3, 0.4) is 0 Å². The van der Waals surface area contributed by atoms with Crippen LogP contribution in [-0.2, 0) is 24.0 Å². The molecule has 3 N–H and O–H groups in total. The van der Waals surface area contributed by atoms with Gasteiger partial charge in [0.1, 0.15) is 29.9 Å². The third kappa shape index (κ3) is 8.69. The zero-order chi connectivity index (χ0) is 36.2. The Hall–Kier alpha value is -3.90. The third-order valence-electron chi connectivity index (χ3n) is 11.1. The number of carbonyl (C=O) groups excluding carboxylic acids is 6. The molecule has 13 nitrogen and oxygen atoms in total. The molecule has 2 aliphatic carbocycles. The van der Waals surface area contributed by atoms with Crippen LogP contribution in [0.15, 0.2) is 18.6 Å². The maximum absolute atomic E-state index is 14.6. The van der Waals surface area contributed by atoms with Crippen molar-refractivity contribution in [1.82, 2.24) is 35.7 Å². The number of hydrogen-bond donors (Lipinski definition) is 3. The number of hydrogen-bond acceptors (Lipinski definition) is 8. The zero-order valence-electron chi connectivity index (χ0n) is 30.3. The van der Waals surface area contributed by atoms with Gasteiger partial charge in [0.15, 0.2) is 0 Å². The zero-order valence-corrected chi connectivity index (χ0v) is 30.3. The van der Waals surface area contributed by atoms with Gasteiger partial charge in [0, 0.05) is 31.5 Å². The lowest BCUT2D eigenvalue weighted by molar-refractivity contribution is -0.153. The van der Waals surface area contributed by atoms with Gasteiger partial charge in [0.05, 0.1) is 6.20 Å². The number of Topliss-reactive ketones (excluding diaryl/α,β-unsaturated/α-hetero) is 1. The van der Waals surface area contributed by atoms with Crippen LogP contribution in [0.1, 0.15) is 116 Å². The van der Waals surface area contributed by atoms with Crippen LogP contribution < -0.4 is 16.0 Å². The molecule has 0 aromatic carbocycles. The first-order valence-electron chi connectivity index (χ1n) is 18.6. The Morgan fingerprint density at radius 3 is 2.32 bits per heavy atom. The number of likely N-dealkylation sites (tertiary alicyclic amines) is 2. The van der Waals surface area contributed by atoms with Crippen molar-refractivity contribution in [2.75, 3.05) is 13.1 Å². The maximum atomic E-state index is 14.6. The number of nitrogens with zero attached hydrogens (tertiary/aromatic N) is 4. The molecule has 1 aromatic rings. The second kappa shape index (κ2) is 16.0. The van der Waals surface area contributed by atoms with E-state index in [-0.39, 0.29) is 41.3 Å². The molecular weight excluding hydrogens is 638 g/mol. The van der Waals surface area contributed by atoms with Crippen molar-refractivity contribution in [3.63, 3.8) is 0 Å². The van der Waals surface area contributed by atoms with Gasteiger partial charge in [-0.3, -0.25) is 33.8 Å². The van der Waals surface area contributed by atoms with Gasteiger partial charge in [0.2, 0.25) is 23.5 Å². The fourth-order valence-corrected chi connectivity index (χ4v) is 7.94. The normalized spacial score (nSPS) is 24.5. The number of rotatable bonds is 13. The van der Waals surface area contributed by atoms with E-state index in [1.807, 2.05) is 34.6 Å². The molecule has 13 heteroatoms. The quantitative estimate of drug-likeness (QED) is 0.265. The molecular formula is C37H55N7O6. The molecule has 6 atom stereocenters. The molecule has 2 unspecified atom stereocenters. The second-order valence-corrected chi connectivity index (χ2v) is 16.0. The van der Waals surface area contributed by atoms with E-state index >= 15 is 0 Å². The molecule has 274 valence electrons. The maximum Gasteiger partial charge on any atom is 0.289 e. The standard InChI is InChI=1S/C37H55N7O6/c1-6-10-28(30(45)34(48)40-25-13-14-25)43-18-15-24-21-44(29(22(24)2)35(43)49)36(50)31(37(3,4)5)42-32(46)26(19-23-11-8-7-9-12-23)41-33(47)27-20-38-16-17-39-27/h16-17,20,22-26,28-29,31H,6-15,18-19,21H2,1-5H3,(H,40,48)(H,41,47)(H,42,46)/t22-,24?,26-,28?,29-,31+/m0/s1. The van der Waals surface area contributed by atoms with Crippen molar-refractivity contribution in [3.05, 3.63) is 24.3 Å². The van der Waals surface area contributed by atoms with E-state index in [1.54, 1.807) is 4.90 Å². The lowest BCUT2D eigenvalue weighted by atomic mass is 9.83. The Labute approximate surface area is 295 Å². The van der Waals surface area contributed by atoms with E-state index in [2.05, 4.69) is 25.9 Å². The molecule has 4 aliphatic rings. The first-order chi connectivity index (χ1) is 23.8. The third-order valence-corrected chi connectivity index (χ3v) is 11.1. The highest BCUT2D eigenvalue weighted by atomic mass is 16.2. The van der Waals surface area contributed by atoms with E-state index in [0.29, 0.717) is 38.8 Å². The van der Waals surface area contributed by atoms with Crippen LogP contribution in [0.4, 0.5) is 0 Å². The van der Waals surface area contributed by atoms with Crippen molar-refractivity contribution in [3.8, 4) is 0 Å². The van der Waals surface area contributed by atoms with E-state index in [4.69, 9.17) is 0 Å². The smallest absolute Gasteiger partial charge is 0.289 e. The fourth-order valence-electron chi connectivity index (χ4n) is 7.94. The minimum Gasteiger partial charge on any atom is -0.347 e. The van der Waals surface area contributed by atoms with E-state index in [9.17, 15) is 28.8 Å². The number of carbonyl (C=O) groups is 6. The van der Waals surface area contributed by atoms with Crippen LogP contribution >= 0.6 is 0 Å². The monoisotopic (exact) mass is 693 g/mol. The molecule has 2 saturated carbocycles. The number of amides is 5. The molecule has 3 heterocycles. The van der Waals surface area contributed by atoms with Crippen molar-refractivity contribution in [1.29, 1.82) is 0 Å². The minimum atomic E-state index is -0.996. The van der Waals surface area contributed by atoms with Crippen LogP contribution in [0, 0.1) is 23.2 Å². The predicted molar refractivity (Wildman–Crippen MR) is 185 cm³/mol. The van der Waals surface area contributed by atoms with Crippen molar-refractivity contribution >= 4 is 35.3 Å². The van der Waals surface area contributed by atoms with Gasteiger partial charge in [-0.25, -0.2) is 4.98 Å². The summed E-state index contributed by atoms with van der Waals surface area (Å²) in [4.78, 5) is 93.7. The molecule has 2 saturated heterocycles. The van der Waals surface area contributed by atoms with Crippen LogP contribution in [0.5, 0.6) is 0 Å². The first-order valence-corrected chi connectivity index (χ1v) is 18.6. The molecule has 1 aromatic heterocycles. The lowest BCUT2D eigenvalue weighted by Crippen LogP contribution is -2.62. The molecule has 2 bridgehead atoms. The van der Waals surface area contributed by atoms with E-state index < -0.39 is 53.1 Å². The summed E-state index contributed by atoms with van der Waals surface area (Å²) in [7, 11) is 0. The Balaban J connectivity index is 1.36. The Bertz CT molecular complexity index is 1420. The molecule has 4 fully saturated rings. The highest BCUT2D eigenvalue weighted by Crippen LogP contribution is 2.38. The summed E-state index contributed by atoms with van der Waals surface area (Å²) in [6.07, 6.45) is 13.1. The summed E-state index contributed by atoms with van der Waals surface area (Å²) in [5.41, 5.74) is -0.642. The van der Waals surface area contributed by atoms with Gasteiger partial charge in [-0.1, -0.05) is 73.1 Å². The average Bonchev–Trinajstić information content (AvgIpc) is 3.86. The number of aromatic nitrogens is 2. The molecule has 2 aliphatic heterocycles. The Morgan fingerprint density at radius 2 is 1.70 bits per heavy atom. The summed E-state index contributed by atoms with van der Waals surface area (Å²) >= 11 is 0. The van der Waals surface area contributed by atoms with Gasteiger partial charge in [-0.2, -0.15) is 0 Å². The van der Waals surface area contributed by atoms with Crippen molar-refractivity contribution in [2.24, 2.45) is 23.2 Å². The number of ketones is 1. The summed E-state index contributed by atoms with van der Waals surface area (Å²) in [6.45, 7) is 10.2. The van der Waals surface area contributed by atoms with E-state index in [0.717, 1.165) is 44.9 Å². The SMILES string of the molecule is CCCC(C(=O)C(=O)NC1CC1)N1CCC2CN(C(=O)[C@@H](NC(=O)[C@H](CC3CCCCC3)NC(=O)c3cnccn3)C(C)(C)C)[C@H](C1=O)[C@H]2C. The van der Waals surface area contributed by atoms with Gasteiger partial charge in [-0.05, 0) is 55.3 Å². The summed E-state index contributed by atoms with van der Waals surface area (Å²) < 4.78 is 0. The van der Waals surface area contributed by atoms with Gasteiger partial charge < -0.3 is 25.8 Å². The van der Waals surface area contributed by atoms with Gasteiger partial charge in [-0.15, -0.1) is 0 Å². The van der Waals surface area contributed by atoms with Gasteiger partial charge in [0.25, 0.3) is 11.8 Å². The number of nitrogens with one attached hydrogen (secondary N) is 3. The minimum absolute atomic E-state index is 0.0113. The Kier molecular flexibility index (Phi) is 11.9. The summed E-state index contributed by atoms with van der Waals surface area (Å²) in [5.74, 6) is -2.85. The molecule has 5 rings (SSSR count). The van der Waals surface area contributed by atoms with Crippen molar-refractivity contribution in [2.45, 2.75) is 135 Å². The first kappa shape index (κ1) is 37.4. The van der Waals surface area contributed by atoms with Crippen LogP contribution in [-0.4, -0.2) is 98.4 Å². The van der Waals surface area contributed by atoms with Crippen LogP contribution in [0.2, 0.25) is 0 Å².